The van der Waals surface area contributed by atoms with E-state index >= 15 is 0 Å². The van der Waals surface area contributed by atoms with Gasteiger partial charge in [0.15, 0.2) is 0 Å². The molecule has 0 aliphatic carbocycles. The van der Waals surface area contributed by atoms with Crippen LogP contribution in [-0.4, -0.2) is 35.3 Å². The van der Waals surface area contributed by atoms with Crippen molar-refractivity contribution in [2.45, 2.75) is 6.92 Å². The molecule has 0 amide bonds. The molecule has 0 spiro atoms. The van der Waals surface area contributed by atoms with Gasteiger partial charge in [0.05, 0.1) is 12.2 Å². The van der Waals surface area contributed by atoms with Crippen LogP contribution in [0.1, 0.15) is 17.3 Å². The Balaban J connectivity index is 2.82. The van der Waals surface area contributed by atoms with Gasteiger partial charge in [-0.15, -0.1) is 0 Å². The molecule has 5 nitrogen and oxygen atoms in total. The standard InChI is InChI=1S/C12H18N2O3S/c1-3-17-12(15)10-8-9(13)4-5-11(10)14-6-7-18(2)16/h4-5,8,14H,3,6-7,13H2,1-2H3. The van der Waals surface area contributed by atoms with Crippen LogP contribution in [0.5, 0.6) is 0 Å². The number of hydrogen-bond donors (Lipinski definition) is 2. The summed E-state index contributed by atoms with van der Waals surface area (Å²) in [7, 11) is -0.868. The third-order valence-electron chi connectivity index (χ3n) is 2.24. The molecule has 0 aromatic heterocycles. The Morgan fingerprint density at radius 2 is 2.22 bits per heavy atom. The first-order valence-corrected chi connectivity index (χ1v) is 7.38. The van der Waals surface area contributed by atoms with Gasteiger partial charge < -0.3 is 15.8 Å². The quantitative estimate of drug-likeness (QED) is 0.600. The Morgan fingerprint density at radius 3 is 2.83 bits per heavy atom. The zero-order valence-electron chi connectivity index (χ0n) is 10.6. The fourth-order valence-electron chi connectivity index (χ4n) is 1.42. The van der Waals surface area contributed by atoms with Crippen LogP contribution in [0.25, 0.3) is 0 Å². The van der Waals surface area contributed by atoms with Crippen LogP contribution in [0.2, 0.25) is 0 Å². The number of esters is 1. The molecule has 1 atom stereocenters. The first kappa shape index (κ1) is 14.5. The van der Waals surface area contributed by atoms with E-state index in [-0.39, 0.29) is 0 Å². The van der Waals surface area contributed by atoms with Gasteiger partial charge in [-0.05, 0) is 25.1 Å². The van der Waals surface area contributed by atoms with Gasteiger partial charge in [-0.25, -0.2) is 4.79 Å². The van der Waals surface area contributed by atoms with E-state index in [0.717, 1.165) is 0 Å². The topological polar surface area (TPSA) is 81.4 Å². The molecule has 18 heavy (non-hydrogen) atoms. The number of nitrogen functional groups attached to an aromatic ring is 1. The van der Waals surface area contributed by atoms with Crippen molar-refractivity contribution in [1.82, 2.24) is 0 Å². The predicted molar refractivity (Wildman–Crippen MR) is 74.2 cm³/mol. The van der Waals surface area contributed by atoms with Crippen molar-refractivity contribution in [2.75, 3.05) is 36.2 Å². The van der Waals surface area contributed by atoms with Crippen molar-refractivity contribution in [3.05, 3.63) is 23.8 Å². The van der Waals surface area contributed by atoms with Crippen LogP contribution < -0.4 is 11.1 Å². The molecule has 0 bridgehead atoms. The van der Waals surface area contributed by atoms with Gasteiger partial charge in [0, 0.05) is 40.7 Å². The van der Waals surface area contributed by atoms with Gasteiger partial charge in [-0.3, -0.25) is 4.21 Å². The fraction of sp³-hybridized carbons (Fsp3) is 0.417. The number of carbonyl (C=O) groups is 1. The SMILES string of the molecule is CCOC(=O)c1cc(N)ccc1NCCS(C)=O. The second kappa shape index (κ2) is 7.00. The molecule has 0 radical (unpaired) electrons. The van der Waals surface area contributed by atoms with Crippen LogP contribution >= 0.6 is 0 Å². The second-order valence-corrected chi connectivity index (χ2v) is 5.28. The third kappa shape index (κ3) is 4.37. The molecular weight excluding hydrogens is 252 g/mol. The van der Waals surface area contributed by atoms with Crippen LogP contribution in [-0.2, 0) is 15.5 Å². The Bertz CT molecular complexity index is 449. The largest absolute Gasteiger partial charge is 0.462 e. The van der Waals surface area contributed by atoms with E-state index in [1.807, 2.05) is 0 Å². The maximum absolute atomic E-state index is 11.7. The van der Waals surface area contributed by atoms with E-state index in [2.05, 4.69) is 5.32 Å². The minimum Gasteiger partial charge on any atom is -0.462 e. The molecule has 0 heterocycles. The van der Waals surface area contributed by atoms with E-state index in [4.69, 9.17) is 10.5 Å². The molecule has 6 heteroatoms. The summed E-state index contributed by atoms with van der Waals surface area (Å²) < 4.78 is 15.9. The number of rotatable bonds is 6. The molecule has 1 aromatic carbocycles. The minimum absolute atomic E-state index is 0.312. The molecule has 0 fully saturated rings. The fourth-order valence-corrected chi connectivity index (χ4v) is 1.81. The molecule has 3 N–H and O–H groups in total. The van der Waals surface area contributed by atoms with Crippen molar-refractivity contribution in [3.63, 3.8) is 0 Å². The van der Waals surface area contributed by atoms with E-state index in [1.165, 1.54) is 0 Å². The Hall–Kier alpha value is -1.56. The Labute approximate surface area is 109 Å². The van der Waals surface area contributed by atoms with Crippen molar-refractivity contribution < 1.29 is 13.7 Å². The number of benzene rings is 1. The maximum atomic E-state index is 11.7. The molecule has 0 aliphatic heterocycles. The molecule has 100 valence electrons. The highest BCUT2D eigenvalue weighted by Gasteiger charge is 2.12. The number of nitrogens with one attached hydrogen (secondary N) is 1. The van der Waals surface area contributed by atoms with Crippen LogP contribution in [0.3, 0.4) is 0 Å². The van der Waals surface area contributed by atoms with Gasteiger partial charge in [0.25, 0.3) is 0 Å². The van der Waals surface area contributed by atoms with Crippen molar-refractivity contribution in [3.8, 4) is 0 Å². The lowest BCUT2D eigenvalue weighted by Crippen LogP contribution is -2.14. The zero-order chi connectivity index (χ0) is 13.5. The first-order chi connectivity index (χ1) is 8.54. The number of hydrogen-bond acceptors (Lipinski definition) is 5. The molecule has 0 saturated carbocycles. The highest BCUT2D eigenvalue weighted by molar-refractivity contribution is 7.84. The normalized spacial score (nSPS) is 11.9. The summed E-state index contributed by atoms with van der Waals surface area (Å²) in [4.78, 5) is 11.7. The Kier molecular flexibility index (Phi) is 5.64. The average Bonchev–Trinajstić information content (AvgIpc) is 2.31. The maximum Gasteiger partial charge on any atom is 0.340 e. The lowest BCUT2D eigenvalue weighted by Gasteiger charge is -2.11. The van der Waals surface area contributed by atoms with Crippen molar-refractivity contribution in [1.29, 1.82) is 0 Å². The summed E-state index contributed by atoms with van der Waals surface area (Å²) in [6.45, 7) is 2.59. The van der Waals surface area contributed by atoms with E-state index < -0.39 is 16.8 Å². The lowest BCUT2D eigenvalue weighted by atomic mass is 10.1. The van der Waals surface area contributed by atoms with Gasteiger partial charge in [0.1, 0.15) is 0 Å². The Morgan fingerprint density at radius 1 is 1.50 bits per heavy atom. The van der Waals surface area contributed by atoms with Crippen LogP contribution in [0, 0.1) is 0 Å². The highest BCUT2D eigenvalue weighted by atomic mass is 32.2. The van der Waals surface area contributed by atoms with Crippen molar-refractivity contribution in [2.24, 2.45) is 0 Å². The van der Waals surface area contributed by atoms with Gasteiger partial charge in [-0.1, -0.05) is 0 Å². The van der Waals surface area contributed by atoms with Gasteiger partial charge in [-0.2, -0.15) is 0 Å². The third-order valence-corrected chi connectivity index (χ3v) is 3.02. The highest BCUT2D eigenvalue weighted by Crippen LogP contribution is 2.19. The van der Waals surface area contributed by atoms with Gasteiger partial charge >= 0.3 is 5.97 Å². The second-order valence-electron chi connectivity index (χ2n) is 3.73. The summed E-state index contributed by atoms with van der Waals surface area (Å²) in [5, 5.41) is 3.06. The number of nitrogens with two attached hydrogens (primary N) is 1. The smallest absolute Gasteiger partial charge is 0.340 e. The van der Waals surface area contributed by atoms with Crippen molar-refractivity contribution >= 4 is 28.1 Å². The molecule has 0 aliphatic rings. The first-order valence-electron chi connectivity index (χ1n) is 5.65. The summed E-state index contributed by atoms with van der Waals surface area (Å²) in [6.07, 6.45) is 1.64. The van der Waals surface area contributed by atoms with E-state index in [9.17, 15) is 9.00 Å². The average molecular weight is 270 g/mol. The lowest BCUT2D eigenvalue weighted by molar-refractivity contribution is 0.0527. The van der Waals surface area contributed by atoms with E-state index in [1.54, 1.807) is 31.4 Å². The molecule has 1 unspecified atom stereocenters. The van der Waals surface area contributed by atoms with Crippen LogP contribution in [0.4, 0.5) is 11.4 Å². The summed E-state index contributed by atoms with van der Waals surface area (Å²) >= 11 is 0. The number of ether oxygens (including phenoxy) is 1. The molecular formula is C12H18N2O3S. The molecule has 1 aromatic rings. The van der Waals surface area contributed by atoms with Gasteiger partial charge in [0.2, 0.25) is 0 Å². The summed E-state index contributed by atoms with van der Waals surface area (Å²) in [5.74, 6) is 0.108. The summed E-state index contributed by atoms with van der Waals surface area (Å²) in [6, 6.07) is 5.00. The predicted octanol–water partition coefficient (Wildman–Crippen LogP) is 1.24. The van der Waals surface area contributed by atoms with E-state index in [0.29, 0.717) is 35.8 Å². The molecule has 1 rings (SSSR count). The number of anilines is 2. The zero-order valence-corrected chi connectivity index (χ0v) is 11.4. The monoisotopic (exact) mass is 270 g/mol. The minimum atomic E-state index is -0.868. The number of carbonyl (C=O) groups excluding carboxylic acids is 1. The summed E-state index contributed by atoms with van der Waals surface area (Å²) in [5.41, 5.74) is 7.20. The molecule has 0 saturated heterocycles. The van der Waals surface area contributed by atoms with Crippen LogP contribution in [0.15, 0.2) is 18.2 Å².